The number of anilines is 1. The number of benzene rings is 2. The molecular formula is C27H33N3O3S. The molecule has 1 aromatic heterocycles. The number of likely N-dealkylation sites (N-methyl/N-ethyl adjacent to an activating group) is 1. The van der Waals surface area contributed by atoms with Gasteiger partial charge in [0, 0.05) is 66.3 Å². The molecule has 2 aromatic carbocycles. The Hall–Kier alpha value is -2.61. The molecule has 2 aliphatic heterocycles. The topological polar surface area (TPSA) is 56.2 Å². The molecule has 0 bridgehead atoms. The Morgan fingerprint density at radius 1 is 1.00 bits per heavy atom. The lowest BCUT2D eigenvalue weighted by Gasteiger charge is -2.37. The van der Waals surface area contributed by atoms with Crippen molar-refractivity contribution in [3.8, 4) is 0 Å². The van der Waals surface area contributed by atoms with Gasteiger partial charge in [-0.1, -0.05) is 36.4 Å². The van der Waals surface area contributed by atoms with Crippen molar-refractivity contribution in [3.05, 3.63) is 65.0 Å². The number of hydrogen-bond donors (Lipinski definition) is 1. The number of carbonyl (C=O) groups excluding carboxylic acids is 1. The molecule has 7 heteroatoms. The molecule has 1 N–H and O–H groups in total. The monoisotopic (exact) mass is 479 g/mol. The Morgan fingerprint density at radius 2 is 1.74 bits per heavy atom. The second kappa shape index (κ2) is 9.94. The number of carbonyl (C=O) groups is 1. The molecule has 3 aromatic rings. The highest BCUT2D eigenvalue weighted by Gasteiger charge is 2.34. The van der Waals surface area contributed by atoms with E-state index in [1.807, 2.05) is 30.3 Å². The van der Waals surface area contributed by atoms with Gasteiger partial charge in [-0.05, 0) is 43.7 Å². The van der Waals surface area contributed by atoms with E-state index in [2.05, 4.69) is 41.1 Å². The maximum atomic E-state index is 12.7. The molecule has 0 spiro atoms. The average Bonchev–Trinajstić information content (AvgIpc) is 3.27. The van der Waals surface area contributed by atoms with Crippen LogP contribution in [0, 0.1) is 0 Å². The molecule has 2 fully saturated rings. The number of hydrogen-bond acceptors (Lipinski definition) is 6. The zero-order chi connectivity index (χ0) is 23.5. The van der Waals surface area contributed by atoms with Crippen LogP contribution < -0.4 is 4.90 Å². The minimum absolute atomic E-state index is 0.283. The third-order valence-corrected chi connectivity index (χ3v) is 8.17. The quantitative estimate of drug-likeness (QED) is 0.589. The van der Waals surface area contributed by atoms with Crippen LogP contribution in [0.1, 0.15) is 23.3 Å². The summed E-state index contributed by atoms with van der Waals surface area (Å²) < 4.78 is 6.91. The van der Waals surface area contributed by atoms with E-state index < -0.39 is 5.60 Å². The highest BCUT2D eigenvalue weighted by atomic mass is 32.1. The first-order valence-corrected chi connectivity index (χ1v) is 12.9. The highest BCUT2D eigenvalue weighted by Crippen LogP contribution is 2.34. The number of nitrogens with zero attached hydrogens (tertiary/aromatic N) is 3. The van der Waals surface area contributed by atoms with Crippen molar-refractivity contribution in [1.29, 1.82) is 0 Å². The fourth-order valence-corrected chi connectivity index (χ4v) is 5.97. The van der Waals surface area contributed by atoms with Gasteiger partial charge in [-0.25, -0.2) is 4.79 Å². The van der Waals surface area contributed by atoms with Crippen LogP contribution in [0.4, 0.5) is 10.5 Å². The standard InChI is InChI=1S/C27H33N3O3S/c1-28-14-16-29(17-15-28)24-8-5-9-25-23(24)18-22(34-25)20-33-26(31)30-12-10-27(32,11-13-30)19-21-6-3-2-4-7-21/h2-9,18,32H,10-17,19-20H2,1H3. The van der Waals surface area contributed by atoms with E-state index in [9.17, 15) is 9.90 Å². The molecular weight excluding hydrogens is 446 g/mol. The Morgan fingerprint density at radius 3 is 2.47 bits per heavy atom. The normalized spacial score (nSPS) is 18.9. The number of aliphatic hydroxyl groups is 1. The molecule has 0 saturated carbocycles. The Bertz CT molecular complexity index is 1120. The lowest BCUT2D eigenvalue weighted by molar-refractivity contribution is -0.0205. The molecule has 0 aliphatic carbocycles. The fraction of sp³-hybridized carbons (Fsp3) is 0.444. The molecule has 2 aliphatic rings. The van der Waals surface area contributed by atoms with E-state index in [-0.39, 0.29) is 12.7 Å². The fourth-order valence-electron chi connectivity index (χ4n) is 4.97. The van der Waals surface area contributed by atoms with Gasteiger partial charge < -0.3 is 24.5 Å². The summed E-state index contributed by atoms with van der Waals surface area (Å²) in [5, 5.41) is 12.2. The molecule has 6 nitrogen and oxygen atoms in total. The molecule has 0 atom stereocenters. The average molecular weight is 480 g/mol. The number of ether oxygens (including phenoxy) is 1. The van der Waals surface area contributed by atoms with Gasteiger partial charge in [0.2, 0.25) is 0 Å². The molecule has 5 rings (SSSR count). The summed E-state index contributed by atoms with van der Waals surface area (Å²) >= 11 is 1.69. The van der Waals surface area contributed by atoms with Crippen LogP contribution in [-0.2, 0) is 17.8 Å². The second-order valence-corrected chi connectivity index (χ2v) is 10.8. The number of rotatable bonds is 5. The first-order valence-electron chi connectivity index (χ1n) is 12.1. The van der Waals surface area contributed by atoms with Crippen LogP contribution in [0.25, 0.3) is 10.1 Å². The van der Waals surface area contributed by atoms with Crippen molar-refractivity contribution < 1.29 is 14.6 Å². The molecule has 2 saturated heterocycles. The number of fused-ring (bicyclic) bond motifs is 1. The van der Waals surface area contributed by atoms with Crippen molar-refractivity contribution in [2.75, 3.05) is 51.2 Å². The lowest BCUT2D eigenvalue weighted by atomic mass is 9.85. The van der Waals surface area contributed by atoms with Gasteiger partial charge in [0.15, 0.2) is 0 Å². The Kier molecular flexibility index (Phi) is 6.77. The maximum Gasteiger partial charge on any atom is 0.410 e. The third-order valence-electron chi connectivity index (χ3n) is 7.10. The van der Waals surface area contributed by atoms with Gasteiger partial charge in [0.05, 0.1) is 5.60 Å². The van der Waals surface area contributed by atoms with E-state index in [0.717, 1.165) is 36.6 Å². The number of piperazine rings is 1. The van der Waals surface area contributed by atoms with E-state index in [4.69, 9.17) is 4.74 Å². The molecule has 180 valence electrons. The van der Waals surface area contributed by atoms with E-state index >= 15 is 0 Å². The highest BCUT2D eigenvalue weighted by molar-refractivity contribution is 7.19. The summed E-state index contributed by atoms with van der Waals surface area (Å²) in [7, 11) is 2.17. The van der Waals surface area contributed by atoms with Gasteiger partial charge in [-0.3, -0.25) is 0 Å². The van der Waals surface area contributed by atoms with Crippen LogP contribution in [-0.4, -0.2) is 72.9 Å². The largest absolute Gasteiger partial charge is 0.444 e. The summed E-state index contributed by atoms with van der Waals surface area (Å²) in [6, 6.07) is 18.7. The van der Waals surface area contributed by atoms with E-state index in [1.165, 1.54) is 15.8 Å². The molecule has 0 unspecified atom stereocenters. The summed E-state index contributed by atoms with van der Waals surface area (Å²) in [5.41, 5.74) is 1.64. The van der Waals surface area contributed by atoms with Crippen molar-refractivity contribution in [3.63, 3.8) is 0 Å². The summed E-state index contributed by atoms with van der Waals surface area (Å²) in [5.74, 6) is 0. The predicted molar refractivity (Wildman–Crippen MR) is 138 cm³/mol. The van der Waals surface area contributed by atoms with Crippen LogP contribution in [0.5, 0.6) is 0 Å². The maximum absolute atomic E-state index is 12.7. The van der Waals surface area contributed by atoms with E-state index in [0.29, 0.717) is 32.4 Å². The number of amides is 1. The Labute approximate surface area is 205 Å². The lowest BCUT2D eigenvalue weighted by Crippen LogP contribution is -2.47. The van der Waals surface area contributed by atoms with Gasteiger partial charge in [-0.15, -0.1) is 11.3 Å². The van der Waals surface area contributed by atoms with Gasteiger partial charge >= 0.3 is 6.09 Å². The number of likely N-dealkylation sites (tertiary alicyclic amines) is 1. The van der Waals surface area contributed by atoms with Gasteiger partial charge in [-0.2, -0.15) is 0 Å². The van der Waals surface area contributed by atoms with Crippen LogP contribution >= 0.6 is 11.3 Å². The van der Waals surface area contributed by atoms with Crippen molar-refractivity contribution in [1.82, 2.24) is 9.80 Å². The van der Waals surface area contributed by atoms with Crippen molar-refractivity contribution in [2.24, 2.45) is 0 Å². The van der Waals surface area contributed by atoms with Crippen molar-refractivity contribution in [2.45, 2.75) is 31.5 Å². The van der Waals surface area contributed by atoms with Gasteiger partial charge in [0.25, 0.3) is 0 Å². The zero-order valence-corrected chi connectivity index (χ0v) is 20.6. The molecule has 1 amide bonds. The van der Waals surface area contributed by atoms with Crippen molar-refractivity contribution >= 4 is 33.2 Å². The summed E-state index contributed by atoms with van der Waals surface area (Å²) in [4.78, 5) is 20.3. The smallest absolute Gasteiger partial charge is 0.410 e. The number of thiophene rings is 1. The molecule has 3 heterocycles. The molecule has 34 heavy (non-hydrogen) atoms. The van der Waals surface area contributed by atoms with Gasteiger partial charge in [0.1, 0.15) is 6.61 Å². The predicted octanol–water partition coefficient (Wildman–Crippen LogP) is 4.36. The minimum atomic E-state index is -0.761. The number of piperidine rings is 1. The van der Waals surface area contributed by atoms with E-state index in [1.54, 1.807) is 16.2 Å². The first kappa shape index (κ1) is 23.1. The van der Waals surface area contributed by atoms with Crippen LogP contribution in [0.2, 0.25) is 0 Å². The summed E-state index contributed by atoms with van der Waals surface area (Å²) in [6.07, 6.45) is 1.45. The molecule has 0 radical (unpaired) electrons. The second-order valence-electron chi connectivity index (χ2n) is 9.62. The van der Waals surface area contributed by atoms with Crippen LogP contribution in [0.3, 0.4) is 0 Å². The zero-order valence-electron chi connectivity index (χ0n) is 19.8. The Balaban J connectivity index is 1.17. The van der Waals surface area contributed by atoms with Crippen LogP contribution in [0.15, 0.2) is 54.6 Å². The third kappa shape index (κ3) is 5.22. The minimum Gasteiger partial charge on any atom is -0.444 e. The SMILES string of the molecule is CN1CCN(c2cccc3sc(COC(=O)N4CCC(O)(Cc5ccccc5)CC4)cc23)CC1. The first-order chi connectivity index (χ1) is 16.5. The summed E-state index contributed by atoms with van der Waals surface area (Å²) in [6.45, 7) is 5.51.